The molecule has 0 saturated carbocycles. The van der Waals surface area contributed by atoms with Crippen molar-refractivity contribution in [3.63, 3.8) is 0 Å². The number of rotatable bonds is 4. The molecule has 0 atom stereocenters. The Bertz CT molecular complexity index is 685. The molecule has 0 radical (unpaired) electrons. The van der Waals surface area contributed by atoms with Crippen molar-refractivity contribution >= 4 is 29.3 Å². The fourth-order valence-electron chi connectivity index (χ4n) is 1.54. The van der Waals surface area contributed by atoms with Crippen molar-refractivity contribution in [2.24, 2.45) is 7.05 Å². The molecule has 1 heterocycles. The van der Waals surface area contributed by atoms with Gasteiger partial charge in [0.15, 0.2) is 5.82 Å². The lowest BCUT2D eigenvalue weighted by Crippen LogP contribution is -2.28. The summed E-state index contributed by atoms with van der Waals surface area (Å²) in [7, 11) is 1.72. The maximum atomic E-state index is 11.7. The lowest BCUT2D eigenvalue weighted by Gasteiger charge is -2.08. The summed E-state index contributed by atoms with van der Waals surface area (Å²) in [5.41, 5.74) is 0.240. The summed E-state index contributed by atoms with van der Waals surface area (Å²) in [6, 6.07) is 3.50. The van der Waals surface area contributed by atoms with Crippen molar-refractivity contribution in [3.8, 4) is 0 Å². The number of carboxylic acid groups (broad SMARTS) is 1. The van der Waals surface area contributed by atoms with E-state index in [2.05, 4.69) is 20.7 Å². The number of anilines is 1. The first-order valence-corrected chi connectivity index (χ1v) is 6.25. The van der Waals surface area contributed by atoms with E-state index in [1.165, 1.54) is 29.2 Å². The first-order chi connectivity index (χ1) is 9.95. The van der Waals surface area contributed by atoms with Gasteiger partial charge >= 0.3 is 12.0 Å². The van der Waals surface area contributed by atoms with Crippen LogP contribution in [0.5, 0.6) is 0 Å². The van der Waals surface area contributed by atoms with Crippen molar-refractivity contribution in [2.75, 3.05) is 5.32 Å². The molecule has 0 bridgehead atoms. The molecule has 0 aliphatic carbocycles. The molecule has 0 spiro atoms. The van der Waals surface area contributed by atoms with Gasteiger partial charge in [-0.15, -0.1) is 0 Å². The van der Waals surface area contributed by atoms with Gasteiger partial charge in [-0.3, -0.25) is 4.68 Å². The lowest BCUT2D eigenvalue weighted by atomic mass is 10.2. The summed E-state index contributed by atoms with van der Waals surface area (Å²) in [5.74, 6) is -0.647. The topological polar surface area (TPSA) is 109 Å². The zero-order valence-electron chi connectivity index (χ0n) is 11.0. The van der Waals surface area contributed by atoms with E-state index in [0.717, 1.165) is 0 Å². The number of benzene rings is 1. The van der Waals surface area contributed by atoms with Crippen LogP contribution in [-0.4, -0.2) is 31.9 Å². The number of amides is 2. The monoisotopic (exact) mass is 309 g/mol. The molecule has 1 aromatic heterocycles. The molecule has 2 amide bonds. The molecule has 0 aliphatic rings. The number of carbonyl (C=O) groups excluding carboxylic acids is 1. The van der Waals surface area contributed by atoms with E-state index in [9.17, 15) is 9.59 Å². The van der Waals surface area contributed by atoms with Crippen molar-refractivity contribution < 1.29 is 14.7 Å². The van der Waals surface area contributed by atoms with Crippen LogP contribution in [0.2, 0.25) is 5.02 Å². The highest BCUT2D eigenvalue weighted by Crippen LogP contribution is 2.22. The Balaban J connectivity index is 1.99. The number of hydrogen-bond donors (Lipinski definition) is 3. The van der Waals surface area contributed by atoms with Crippen LogP contribution >= 0.6 is 11.6 Å². The van der Waals surface area contributed by atoms with E-state index in [1.807, 2.05) is 0 Å². The zero-order chi connectivity index (χ0) is 15.4. The normalized spacial score (nSPS) is 10.2. The second-order valence-electron chi connectivity index (χ2n) is 4.14. The standard InChI is InChI=1S/C12H12ClN5O3/c1-18-6-15-10(17-18)5-14-12(21)16-9-4-7(11(19)20)2-3-8(9)13/h2-4,6H,5H2,1H3,(H,19,20)(H2,14,16,21). The van der Waals surface area contributed by atoms with Crippen molar-refractivity contribution in [1.82, 2.24) is 20.1 Å². The molecule has 110 valence electrons. The predicted molar refractivity (Wildman–Crippen MR) is 75.3 cm³/mol. The van der Waals surface area contributed by atoms with E-state index >= 15 is 0 Å². The molecule has 0 aliphatic heterocycles. The lowest BCUT2D eigenvalue weighted by molar-refractivity contribution is 0.0697. The fraction of sp³-hybridized carbons (Fsp3) is 0.167. The van der Waals surface area contributed by atoms with Crippen LogP contribution in [-0.2, 0) is 13.6 Å². The molecule has 1 aromatic carbocycles. The number of nitrogens with one attached hydrogen (secondary N) is 2. The number of halogens is 1. The summed E-state index contributed by atoms with van der Waals surface area (Å²) in [5, 5.41) is 18.2. The summed E-state index contributed by atoms with van der Waals surface area (Å²) in [6.07, 6.45) is 1.52. The second-order valence-corrected chi connectivity index (χ2v) is 4.55. The third-order valence-electron chi connectivity index (χ3n) is 2.52. The van der Waals surface area contributed by atoms with E-state index < -0.39 is 12.0 Å². The molecule has 2 rings (SSSR count). The van der Waals surface area contributed by atoms with Gasteiger partial charge in [0, 0.05) is 7.05 Å². The number of aromatic carboxylic acids is 1. The Hall–Kier alpha value is -2.61. The first kappa shape index (κ1) is 14.8. The average Bonchev–Trinajstić information content (AvgIpc) is 2.84. The van der Waals surface area contributed by atoms with Crippen LogP contribution in [0.15, 0.2) is 24.5 Å². The van der Waals surface area contributed by atoms with Gasteiger partial charge in [-0.25, -0.2) is 14.6 Å². The fourth-order valence-corrected chi connectivity index (χ4v) is 1.71. The van der Waals surface area contributed by atoms with E-state index in [-0.39, 0.29) is 22.8 Å². The minimum Gasteiger partial charge on any atom is -0.478 e. The molecule has 21 heavy (non-hydrogen) atoms. The Morgan fingerprint density at radius 2 is 2.19 bits per heavy atom. The number of carbonyl (C=O) groups is 2. The SMILES string of the molecule is Cn1cnc(CNC(=O)Nc2cc(C(=O)O)ccc2Cl)n1. The Labute approximate surface area is 124 Å². The first-order valence-electron chi connectivity index (χ1n) is 5.88. The number of carboxylic acids is 1. The minimum absolute atomic E-state index is 0.0288. The third kappa shape index (κ3) is 3.93. The van der Waals surface area contributed by atoms with Crippen LogP contribution < -0.4 is 10.6 Å². The Morgan fingerprint density at radius 1 is 1.43 bits per heavy atom. The molecule has 0 unspecified atom stereocenters. The second kappa shape index (κ2) is 6.23. The molecule has 8 nitrogen and oxygen atoms in total. The van der Waals surface area contributed by atoms with E-state index in [4.69, 9.17) is 16.7 Å². The summed E-state index contributed by atoms with van der Waals surface area (Å²) in [4.78, 5) is 26.6. The van der Waals surface area contributed by atoms with Crippen LogP contribution in [0.4, 0.5) is 10.5 Å². The number of aromatic nitrogens is 3. The molecule has 0 fully saturated rings. The highest BCUT2D eigenvalue weighted by molar-refractivity contribution is 6.33. The van der Waals surface area contributed by atoms with Crippen LogP contribution in [0.3, 0.4) is 0 Å². The highest BCUT2D eigenvalue weighted by atomic mass is 35.5. The summed E-state index contributed by atoms with van der Waals surface area (Å²) >= 11 is 5.90. The Morgan fingerprint density at radius 3 is 2.81 bits per heavy atom. The number of hydrogen-bond acceptors (Lipinski definition) is 4. The summed E-state index contributed by atoms with van der Waals surface area (Å²) in [6.45, 7) is 0.142. The highest BCUT2D eigenvalue weighted by Gasteiger charge is 2.10. The zero-order valence-corrected chi connectivity index (χ0v) is 11.8. The van der Waals surface area contributed by atoms with E-state index in [1.54, 1.807) is 7.05 Å². The van der Waals surface area contributed by atoms with Crippen LogP contribution in [0.25, 0.3) is 0 Å². The number of nitrogens with zero attached hydrogens (tertiary/aromatic N) is 3. The van der Waals surface area contributed by atoms with Gasteiger partial charge in [0.05, 0.1) is 22.8 Å². The van der Waals surface area contributed by atoms with Crippen LogP contribution in [0, 0.1) is 0 Å². The van der Waals surface area contributed by atoms with Gasteiger partial charge in [0.2, 0.25) is 0 Å². The van der Waals surface area contributed by atoms with E-state index in [0.29, 0.717) is 5.82 Å². The molecule has 3 N–H and O–H groups in total. The number of aryl methyl sites for hydroxylation is 1. The molecular formula is C12H12ClN5O3. The molecule has 9 heteroatoms. The Kier molecular flexibility index (Phi) is 4.39. The van der Waals surface area contributed by atoms with Crippen molar-refractivity contribution in [2.45, 2.75) is 6.54 Å². The smallest absolute Gasteiger partial charge is 0.335 e. The average molecular weight is 310 g/mol. The summed E-state index contributed by atoms with van der Waals surface area (Å²) < 4.78 is 1.52. The maximum absolute atomic E-state index is 11.7. The van der Waals surface area contributed by atoms with Crippen molar-refractivity contribution in [1.29, 1.82) is 0 Å². The maximum Gasteiger partial charge on any atom is 0.335 e. The minimum atomic E-state index is -1.10. The third-order valence-corrected chi connectivity index (χ3v) is 2.85. The van der Waals surface area contributed by atoms with Gasteiger partial charge in [0.25, 0.3) is 0 Å². The quantitative estimate of drug-likeness (QED) is 0.792. The van der Waals surface area contributed by atoms with Crippen molar-refractivity contribution in [3.05, 3.63) is 40.9 Å². The van der Waals surface area contributed by atoms with Gasteiger partial charge in [0.1, 0.15) is 6.33 Å². The van der Waals surface area contributed by atoms with Gasteiger partial charge in [-0.2, -0.15) is 5.10 Å². The molecular weight excluding hydrogens is 298 g/mol. The van der Waals surface area contributed by atoms with Gasteiger partial charge in [-0.05, 0) is 18.2 Å². The number of urea groups is 1. The predicted octanol–water partition coefficient (Wildman–Crippen LogP) is 1.49. The molecule has 2 aromatic rings. The van der Waals surface area contributed by atoms with Gasteiger partial charge < -0.3 is 15.7 Å². The van der Waals surface area contributed by atoms with Gasteiger partial charge in [-0.1, -0.05) is 11.6 Å². The van der Waals surface area contributed by atoms with Crippen LogP contribution in [0.1, 0.15) is 16.2 Å². The molecule has 0 saturated heterocycles. The largest absolute Gasteiger partial charge is 0.478 e.